The Labute approximate surface area is 187 Å². The van der Waals surface area contributed by atoms with Crippen LogP contribution in [0, 0.1) is 6.92 Å². The molecule has 3 aromatic carbocycles. The van der Waals surface area contributed by atoms with Crippen LogP contribution in [0.1, 0.15) is 11.5 Å². The van der Waals surface area contributed by atoms with E-state index in [-0.39, 0.29) is 0 Å². The van der Waals surface area contributed by atoms with Crippen molar-refractivity contribution in [3.8, 4) is 11.4 Å². The number of quaternary nitrogens is 1. The molecule has 0 atom stereocenters. The van der Waals surface area contributed by atoms with Crippen molar-refractivity contribution in [3.05, 3.63) is 78.2 Å². The zero-order valence-electron chi connectivity index (χ0n) is 17.9. The first kappa shape index (κ1) is 20.8. The van der Waals surface area contributed by atoms with E-state index < -0.39 is 10.0 Å². The zero-order chi connectivity index (χ0) is 22.1. The van der Waals surface area contributed by atoms with Crippen LogP contribution in [0.4, 0.5) is 0 Å². The molecule has 0 amide bonds. The molecule has 0 bridgehead atoms. The van der Waals surface area contributed by atoms with Crippen LogP contribution in [-0.4, -0.2) is 49.0 Å². The number of hydrogen-bond donors (Lipinski definition) is 1. The molecule has 164 valence electrons. The number of aromatic nitrogens is 2. The van der Waals surface area contributed by atoms with E-state index in [0.717, 1.165) is 16.3 Å². The lowest BCUT2D eigenvalue weighted by molar-refractivity contribution is -0.918. The monoisotopic (exact) mass is 449 g/mol. The van der Waals surface area contributed by atoms with E-state index in [0.29, 0.717) is 49.3 Å². The first-order valence-electron chi connectivity index (χ1n) is 10.7. The molecular weight excluding hydrogens is 424 g/mol. The van der Waals surface area contributed by atoms with Gasteiger partial charge in [0.1, 0.15) is 0 Å². The van der Waals surface area contributed by atoms with E-state index in [1.165, 1.54) is 10.5 Å². The lowest BCUT2D eigenvalue weighted by atomic mass is 10.1. The Kier molecular flexibility index (Phi) is 5.50. The lowest BCUT2D eigenvalue weighted by Crippen LogP contribution is -3.13. The summed E-state index contributed by atoms with van der Waals surface area (Å²) in [6.45, 7) is 4.92. The van der Waals surface area contributed by atoms with Crippen molar-refractivity contribution >= 4 is 20.8 Å². The maximum absolute atomic E-state index is 13.2. The van der Waals surface area contributed by atoms with Gasteiger partial charge in [-0.2, -0.15) is 9.29 Å². The van der Waals surface area contributed by atoms with Crippen LogP contribution in [-0.2, 0) is 16.6 Å². The molecule has 0 saturated carbocycles. The van der Waals surface area contributed by atoms with Crippen molar-refractivity contribution in [3.63, 3.8) is 0 Å². The van der Waals surface area contributed by atoms with E-state index in [1.807, 2.05) is 61.5 Å². The Bertz CT molecular complexity index is 1340. The van der Waals surface area contributed by atoms with Crippen molar-refractivity contribution in [1.29, 1.82) is 0 Å². The molecule has 4 aromatic rings. The average Bonchev–Trinajstić information content (AvgIpc) is 3.28. The number of sulfonamides is 1. The maximum Gasteiger partial charge on any atom is 0.282 e. The van der Waals surface area contributed by atoms with E-state index >= 15 is 0 Å². The Morgan fingerprint density at radius 1 is 0.969 bits per heavy atom. The fourth-order valence-electron chi connectivity index (χ4n) is 4.06. The molecule has 8 heteroatoms. The molecule has 0 spiro atoms. The molecule has 1 saturated heterocycles. The summed E-state index contributed by atoms with van der Waals surface area (Å²) < 4.78 is 33.3. The summed E-state index contributed by atoms with van der Waals surface area (Å²) in [6.07, 6.45) is 0. The predicted octanol–water partition coefficient (Wildman–Crippen LogP) is 2.29. The average molecular weight is 450 g/mol. The fourth-order valence-corrected chi connectivity index (χ4v) is 5.53. The quantitative estimate of drug-likeness (QED) is 0.506. The molecule has 1 aromatic heterocycles. The van der Waals surface area contributed by atoms with Crippen molar-refractivity contribution in [2.24, 2.45) is 0 Å². The third-order valence-electron chi connectivity index (χ3n) is 5.97. The van der Waals surface area contributed by atoms with Crippen LogP contribution in [0.15, 0.2) is 76.1 Å². The van der Waals surface area contributed by atoms with Crippen molar-refractivity contribution in [2.75, 3.05) is 26.2 Å². The molecule has 32 heavy (non-hydrogen) atoms. The summed E-state index contributed by atoms with van der Waals surface area (Å²) in [5.41, 5.74) is 2.10. The highest BCUT2D eigenvalue weighted by Crippen LogP contribution is 2.22. The summed E-state index contributed by atoms with van der Waals surface area (Å²) in [4.78, 5) is 6.10. The summed E-state index contributed by atoms with van der Waals surface area (Å²) in [5, 5.41) is 6.06. The van der Waals surface area contributed by atoms with Crippen LogP contribution in [0.2, 0.25) is 0 Å². The number of fused-ring (bicyclic) bond motifs is 1. The Morgan fingerprint density at radius 3 is 2.44 bits per heavy atom. The van der Waals surface area contributed by atoms with Gasteiger partial charge in [0, 0.05) is 5.56 Å². The number of nitrogens with zero attached hydrogens (tertiary/aromatic N) is 3. The second-order valence-electron chi connectivity index (χ2n) is 8.22. The first-order chi connectivity index (χ1) is 15.5. The number of benzene rings is 3. The second-order valence-corrected chi connectivity index (χ2v) is 10.2. The van der Waals surface area contributed by atoms with E-state index in [2.05, 4.69) is 10.1 Å². The van der Waals surface area contributed by atoms with E-state index in [1.54, 1.807) is 16.4 Å². The van der Waals surface area contributed by atoms with Crippen LogP contribution in [0.5, 0.6) is 0 Å². The number of aryl methyl sites for hydroxylation is 1. The molecule has 1 N–H and O–H groups in total. The number of hydrogen-bond acceptors (Lipinski definition) is 5. The zero-order valence-corrected chi connectivity index (χ0v) is 18.7. The third-order valence-corrected chi connectivity index (χ3v) is 7.86. The molecule has 1 aliphatic heterocycles. The largest absolute Gasteiger partial charge is 0.333 e. The minimum absolute atomic E-state index is 0.347. The maximum atomic E-state index is 13.2. The third kappa shape index (κ3) is 4.17. The summed E-state index contributed by atoms with van der Waals surface area (Å²) in [6, 6.07) is 21.1. The molecule has 0 radical (unpaired) electrons. The van der Waals surface area contributed by atoms with Crippen molar-refractivity contribution in [2.45, 2.75) is 18.4 Å². The smallest absolute Gasteiger partial charge is 0.282 e. The molecule has 1 fully saturated rings. The highest BCUT2D eigenvalue weighted by Gasteiger charge is 2.31. The number of piperazine rings is 1. The summed E-state index contributed by atoms with van der Waals surface area (Å²) in [7, 11) is -3.52. The van der Waals surface area contributed by atoms with Gasteiger partial charge in [-0.1, -0.05) is 65.3 Å². The van der Waals surface area contributed by atoms with Gasteiger partial charge in [0.05, 0.1) is 31.1 Å². The Hall–Kier alpha value is -3.07. The van der Waals surface area contributed by atoms with E-state index in [9.17, 15) is 8.42 Å². The van der Waals surface area contributed by atoms with Crippen LogP contribution < -0.4 is 4.90 Å². The number of nitrogens with one attached hydrogen (secondary N) is 1. The van der Waals surface area contributed by atoms with Gasteiger partial charge in [-0.3, -0.25) is 0 Å². The van der Waals surface area contributed by atoms with Gasteiger partial charge < -0.3 is 9.42 Å². The topological polar surface area (TPSA) is 80.7 Å². The van der Waals surface area contributed by atoms with E-state index in [4.69, 9.17) is 4.52 Å². The van der Waals surface area contributed by atoms with Crippen molar-refractivity contribution < 1.29 is 17.8 Å². The van der Waals surface area contributed by atoms with Gasteiger partial charge in [0.2, 0.25) is 15.8 Å². The van der Waals surface area contributed by atoms with Gasteiger partial charge in [-0.15, -0.1) is 0 Å². The predicted molar refractivity (Wildman–Crippen MR) is 122 cm³/mol. The molecular formula is C24H25N4O3S+. The Morgan fingerprint density at radius 2 is 1.69 bits per heavy atom. The minimum atomic E-state index is -3.52. The standard InChI is InChI=1S/C24H24N4O3S/c1-18-6-8-20(9-7-18)24-25-23(31-26-24)17-27-12-14-28(15-13-27)32(29,30)22-11-10-19-4-2-3-5-21(19)16-22/h2-11,16H,12-15,17H2,1H3/p+1. The minimum Gasteiger partial charge on any atom is -0.333 e. The van der Waals surface area contributed by atoms with Crippen molar-refractivity contribution in [1.82, 2.24) is 14.4 Å². The van der Waals surface area contributed by atoms with Gasteiger partial charge in [0.25, 0.3) is 5.89 Å². The van der Waals surface area contributed by atoms with Crippen LogP contribution >= 0.6 is 0 Å². The summed E-state index contributed by atoms with van der Waals surface area (Å²) in [5.74, 6) is 1.15. The molecule has 2 heterocycles. The molecule has 0 unspecified atom stereocenters. The highest BCUT2D eigenvalue weighted by atomic mass is 32.2. The van der Waals surface area contributed by atoms with Gasteiger partial charge in [-0.05, 0) is 29.8 Å². The highest BCUT2D eigenvalue weighted by molar-refractivity contribution is 7.89. The summed E-state index contributed by atoms with van der Waals surface area (Å²) >= 11 is 0. The SMILES string of the molecule is Cc1ccc(-c2noc(C[NH+]3CCN(S(=O)(=O)c4ccc5ccccc5c4)CC3)n2)cc1. The molecule has 7 nitrogen and oxygen atoms in total. The molecule has 0 aliphatic carbocycles. The fraction of sp³-hybridized carbons (Fsp3) is 0.250. The normalized spacial score (nSPS) is 15.9. The van der Waals surface area contributed by atoms with Crippen LogP contribution in [0.25, 0.3) is 22.2 Å². The molecule has 1 aliphatic rings. The van der Waals surface area contributed by atoms with Crippen LogP contribution in [0.3, 0.4) is 0 Å². The number of rotatable bonds is 5. The first-order valence-corrected chi connectivity index (χ1v) is 12.2. The molecule has 5 rings (SSSR count). The lowest BCUT2D eigenvalue weighted by Gasteiger charge is -2.30. The second kappa shape index (κ2) is 8.46. The Balaban J connectivity index is 1.23. The van der Waals surface area contributed by atoms with Gasteiger partial charge in [-0.25, -0.2) is 8.42 Å². The van der Waals surface area contributed by atoms with Gasteiger partial charge >= 0.3 is 0 Å². The van der Waals surface area contributed by atoms with Gasteiger partial charge in [0.15, 0.2) is 6.54 Å².